The number of para-hydroxylation sites is 3. The molecule has 6 heteroatoms. The second kappa shape index (κ2) is 9.52. The molecule has 3 N–H and O–H groups in total. The Morgan fingerprint density at radius 2 is 1.63 bits per heavy atom. The maximum atomic E-state index is 10.3. The minimum absolute atomic E-state index is 0. The molecule has 0 aliphatic rings. The van der Waals surface area contributed by atoms with Gasteiger partial charge in [0.2, 0.25) is 0 Å². The van der Waals surface area contributed by atoms with Crippen molar-refractivity contribution in [1.29, 1.82) is 0 Å². The summed E-state index contributed by atoms with van der Waals surface area (Å²) in [6.07, 6.45) is -0.628. The van der Waals surface area contributed by atoms with Crippen molar-refractivity contribution in [2.75, 3.05) is 33.4 Å². The molecule has 6 nitrogen and oxygen atoms in total. The van der Waals surface area contributed by atoms with Crippen molar-refractivity contribution in [2.24, 2.45) is 0 Å². The minimum atomic E-state index is -0.628. The van der Waals surface area contributed by atoms with Gasteiger partial charge in [0.25, 0.3) is 0 Å². The highest BCUT2D eigenvalue weighted by Crippen LogP contribution is 2.33. The van der Waals surface area contributed by atoms with Gasteiger partial charge in [-0.25, -0.2) is 0 Å². The molecule has 0 bridgehead atoms. The van der Waals surface area contributed by atoms with E-state index in [9.17, 15) is 5.11 Å². The van der Waals surface area contributed by atoms with Crippen molar-refractivity contribution in [3.63, 3.8) is 0 Å². The van der Waals surface area contributed by atoms with Gasteiger partial charge in [0, 0.05) is 29.4 Å². The van der Waals surface area contributed by atoms with Crippen molar-refractivity contribution in [3.8, 4) is 17.2 Å². The van der Waals surface area contributed by atoms with E-state index in [2.05, 4.69) is 16.4 Å². The van der Waals surface area contributed by atoms with Gasteiger partial charge in [-0.3, -0.25) is 0 Å². The SMILES string of the molecule is COc1ccccc1OCCNCC(O)COc1cccc2[nH]c3ccccc3c12.[H+]. The minimum Gasteiger partial charge on any atom is -0.493 e. The zero-order valence-corrected chi connectivity index (χ0v) is 16.9. The lowest BCUT2D eigenvalue weighted by Gasteiger charge is -2.15. The number of nitrogens with one attached hydrogen (secondary N) is 2. The Labute approximate surface area is 176 Å². The molecular weight excluding hydrogens is 380 g/mol. The summed E-state index contributed by atoms with van der Waals surface area (Å²) in [6.45, 7) is 1.70. The number of benzene rings is 3. The van der Waals surface area contributed by atoms with Crippen LogP contribution in [0.4, 0.5) is 0 Å². The molecule has 0 saturated heterocycles. The third-order valence-corrected chi connectivity index (χ3v) is 4.91. The summed E-state index contributed by atoms with van der Waals surface area (Å²) in [5, 5.41) is 15.6. The first-order valence-corrected chi connectivity index (χ1v) is 10.0. The van der Waals surface area contributed by atoms with Crippen molar-refractivity contribution in [1.82, 2.24) is 10.3 Å². The van der Waals surface area contributed by atoms with Crippen LogP contribution in [0.15, 0.2) is 66.7 Å². The summed E-state index contributed by atoms with van der Waals surface area (Å²) in [6, 6.07) is 21.6. The van der Waals surface area contributed by atoms with Gasteiger partial charge in [0.15, 0.2) is 11.5 Å². The van der Waals surface area contributed by atoms with Gasteiger partial charge in [-0.1, -0.05) is 36.4 Å². The smallest absolute Gasteiger partial charge is 0.493 e. The fraction of sp³-hybridized carbons (Fsp3) is 0.250. The van der Waals surface area contributed by atoms with Crippen LogP contribution in [0.2, 0.25) is 0 Å². The van der Waals surface area contributed by atoms with Crippen LogP contribution < -0.4 is 19.5 Å². The Hall–Kier alpha value is -3.22. The van der Waals surface area contributed by atoms with E-state index < -0.39 is 6.10 Å². The highest BCUT2D eigenvalue weighted by atomic mass is 16.5. The summed E-state index contributed by atoms with van der Waals surface area (Å²) in [4.78, 5) is 3.40. The molecule has 156 valence electrons. The number of rotatable bonds is 10. The molecule has 4 aromatic rings. The Morgan fingerprint density at radius 1 is 0.900 bits per heavy atom. The highest BCUT2D eigenvalue weighted by Gasteiger charge is 2.11. The predicted molar refractivity (Wildman–Crippen MR) is 120 cm³/mol. The van der Waals surface area contributed by atoms with Gasteiger partial charge in [-0.2, -0.15) is 0 Å². The second-order valence-corrected chi connectivity index (χ2v) is 7.02. The van der Waals surface area contributed by atoms with Gasteiger partial charge < -0.3 is 29.6 Å². The fourth-order valence-corrected chi connectivity index (χ4v) is 3.47. The van der Waals surface area contributed by atoms with Gasteiger partial charge in [-0.15, -0.1) is 0 Å². The van der Waals surface area contributed by atoms with Crippen LogP contribution in [0.3, 0.4) is 0 Å². The predicted octanol–water partition coefficient (Wildman–Crippen LogP) is 3.85. The van der Waals surface area contributed by atoms with Crippen molar-refractivity contribution < 1.29 is 20.7 Å². The van der Waals surface area contributed by atoms with Crippen LogP contribution >= 0.6 is 0 Å². The Kier molecular flexibility index (Phi) is 6.37. The maximum Gasteiger partial charge on any atom is 1.00 e. The number of aliphatic hydroxyl groups excluding tert-OH is 1. The van der Waals surface area contributed by atoms with Crippen LogP contribution in [-0.2, 0) is 0 Å². The van der Waals surface area contributed by atoms with Crippen molar-refractivity contribution >= 4 is 21.8 Å². The van der Waals surface area contributed by atoms with E-state index in [1.807, 2.05) is 60.7 Å². The first-order valence-electron chi connectivity index (χ1n) is 10.0. The van der Waals surface area contributed by atoms with Gasteiger partial charge in [-0.05, 0) is 30.3 Å². The Balaban J connectivity index is 0.00000272. The molecule has 1 unspecified atom stereocenters. The molecule has 0 aliphatic carbocycles. The zero-order valence-electron chi connectivity index (χ0n) is 17.9. The molecule has 1 heterocycles. The third-order valence-electron chi connectivity index (χ3n) is 4.91. The van der Waals surface area contributed by atoms with Gasteiger partial charge in [0.1, 0.15) is 25.1 Å². The summed E-state index contributed by atoms with van der Waals surface area (Å²) < 4.78 is 16.9. The number of methoxy groups -OCH3 is 1. The van der Waals surface area contributed by atoms with E-state index in [-0.39, 0.29) is 8.03 Å². The third kappa shape index (κ3) is 4.50. The van der Waals surface area contributed by atoms with E-state index in [4.69, 9.17) is 14.2 Å². The summed E-state index contributed by atoms with van der Waals surface area (Å²) in [5.74, 6) is 2.18. The number of fused-ring (bicyclic) bond motifs is 3. The van der Waals surface area contributed by atoms with Crippen LogP contribution in [0.5, 0.6) is 17.2 Å². The maximum absolute atomic E-state index is 10.3. The van der Waals surface area contributed by atoms with Crippen LogP contribution in [-0.4, -0.2) is 49.6 Å². The van der Waals surface area contributed by atoms with Gasteiger partial charge in [0.05, 0.1) is 12.6 Å². The van der Waals surface area contributed by atoms with Crippen LogP contribution in [0.25, 0.3) is 21.8 Å². The molecule has 0 amide bonds. The van der Waals surface area contributed by atoms with E-state index in [0.717, 1.165) is 27.6 Å². The fourth-order valence-electron chi connectivity index (χ4n) is 3.47. The number of H-pyrrole nitrogens is 1. The lowest BCUT2D eigenvalue weighted by atomic mass is 10.1. The molecule has 3 aromatic carbocycles. The topological polar surface area (TPSA) is 75.7 Å². The second-order valence-electron chi connectivity index (χ2n) is 7.02. The highest BCUT2D eigenvalue weighted by molar-refractivity contribution is 6.10. The monoisotopic (exact) mass is 407 g/mol. The number of aliphatic hydroxyl groups is 1. The van der Waals surface area contributed by atoms with Crippen molar-refractivity contribution in [2.45, 2.75) is 6.10 Å². The van der Waals surface area contributed by atoms with Crippen molar-refractivity contribution in [3.05, 3.63) is 66.7 Å². The van der Waals surface area contributed by atoms with E-state index in [0.29, 0.717) is 31.2 Å². The lowest BCUT2D eigenvalue weighted by Crippen LogP contribution is -2.33. The number of aromatic nitrogens is 1. The van der Waals surface area contributed by atoms with Crippen LogP contribution in [0, 0.1) is 0 Å². The molecule has 0 spiro atoms. The molecule has 30 heavy (non-hydrogen) atoms. The molecule has 0 fully saturated rings. The quantitative estimate of drug-likeness (QED) is 0.348. The number of ether oxygens (including phenoxy) is 3. The summed E-state index contributed by atoms with van der Waals surface area (Å²) >= 11 is 0. The van der Waals surface area contributed by atoms with Crippen LogP contribution in [0.1, 0.15) is 1.43 Å². The lowest BCUT2D eigenvalue weighted by molar-refractivity contribution is 0.106. The molecule has 0 aliphatic heterocycles. The molecule has 1 atom stereocenters. The zero-order chi connectivity index (χ0) is 20.8. The van der Waals surface area contributed by atoms with E-state index in [1.54, 1.807) is 7.11 Å². The van der Waals surface area contributed by atoms with E-state index in [1.165, 1.54) is 0 Å². The molecule has 1 aromatic heterocycles. The standard InChI is InChI=1S/C24H26N2O4/c1-28-21-10-4-5-11-22(21)29-14-13-25-15-17(27)16-30-23-12-6-9-20-24(23)18-7-2-3-8-19(18)26-20/h2-12,17,25-27H,13-16H2,1H3/p+1. The number of hydrogen-bond donors (Lipinski definition) is 3. The number of aromatic amines is 1. The van der Waals surface area contributed by atoms with E-state index >= 15 is 0 Å². The normalized spacial score (nSPS) is 12.2. The first-order chi connectivity index (χ1) is 14.8. The molecule has 4 rings (SSSR count). The summed E-state index contributed by atoms with van der Waals surface area (Å²) in [5.41, 5.74) is 2.09. The Morgan fingerprint density at radius 3 is 2.50 bits per heavy atom. The average molecular weight is 407 g/mol. The first kappa shape index (κ1) is 20.1. The number of hydrogen-bond acceptors (Lipinski definition) is 5. The molecular formula is C24H27N2O4+. The summed E-state index contributed by atoms with van der Waals surface area (Å²) in [7, 11) is 1.62. The Bertz CT molecular complexity index is 1120. The van der Waals surface area contributed by atoms with Gasteiger partial charge >= 0.3 is 1.43 Å². The molecule has 0 radical (unpaired) electrons. The largest absolute Gasteiger partial charge is 1.00 e. The molecule has 0 saturated carbocycles. The average Bonchev–Trinajstić information content (AvgIpc) is 3.17.